The quantitative estimate of drug-likeness (QED) is 0.587. The molecule has 1 aliphatic rings. The van der Waals surface area contributed by atoms with E-state index in [2.05, 4.69) is 0 Å². The Hall–Kier alpha value is -2.25. The van der Waals surface area contributed by atoms with Crippen LogP contribution in [0.2, 0.25) is 0 Å². The second-order valence-corrected chi connectivity index (χ2v) is 5.14. The van der Waals surface area contributed by atoms with E-state index in [0.29, 0.717) is 12.8 Å². The van der Waals surface area contributed by atoms with Gasteiger partial charge in [0, 0.05) is 25.4 Å². The predicted molar refractivity (Wildman–Crippen MR) is 74.3 cm³/mol. The highest BCUT2D eigenvalue weighted by atomic mass is 16.6. The fourth-order valence-corrected chi connectivity index (χ4v) is 2.67. The van der Waals surface area contributed by atoms with Gasteiger partial charge in [-0.15, -0.1) is 0 Å². The van der Waals surface area contributed by atoms with Crippen molar-refractivity contribution in [2.75, 3.05) is 0 Å². The number of rotatable bonds is 5. The summed E-state index contributed by atoms with van der Waals surface area (Å²) >= 11 is 0. The summed E-state index contributed by atoms with van der Waals surface area (Å²) in [6.07, 6.45) is 3.46. The number of carbonyl (C=O) groups is 1. The lowest BCUT2D eigenvalue weighted by atomic mass is 10.0. The van der Waals surface area contributed by atoms with Crippen LogP contribution in [0, 0.1) is 16.0 Å². The number of Topliss-reactive ketones (excluding diaryl/α,β-unsaturated/α-hetero) is 1. The molecule has 0 N–H and O–H groups in total. The van der Waals surface area contributed by atoms with Crippen LogP contribution >= 0.6 is 0 Å². The zero-order chi connectivity index (χ0) is 15.6. The summed E-state index contributed by atoms with van der Waals surface area (Å²) in [6.45, 7) is 1.94. The summed E-state index contributed by atoms with van der Waals surface area (Å²) in [5, 5.41) is 10.9. The molecular formula is C13H17N3O5. The Kier molecular flexibility index (Phi) is 4.35. The van der Waals surface area contributed by atoms with Gasteiger partial charge in [-0.2, -0.15) is 0 Å². The maximum atomic E-state index is 12.1. The standard InChI is InChI=1S/C13H17N3O5/c1-2-14-8-10(16(20)21)12(18)15(13(14)19)7-6-9-4-3-5-11(9)17/h8-9H,2-7H2,1H3. The molecule has 0 bridgehead atoms. The molecule has 0 radical (unpaired) electrons. The lowest BCUT2D eigenvalue weighted by Crippen LogP contribution is -2.40. The van der Waals surface area contributed by atoms with Crippen molar-refractivity contribution >= 4 is 11.5 Å². The Balaban J connectivity index is 2.35. The van der Waals surface area contributed by atoms with E-state index in [0.717, 1.165) is 28.2 Å². The van der Waals surface area contributed by atoms with Crippen molar-refractivity contribution < 1.29 is 9.72 Å². The van der Waals surface area contributed by atoms with Crippen molar-refractivity contribution in [3.8, 4) is 0 Å². The monoisotopic (exact) mass is 295 g/mol. The van der Waals surface area contributed by atoms with E-state index < -0.39 is 21.9 Å². The Bertz CT molecular complexity index is 688. The van der Waals surface area contributed by atoms with Gasteiger partial charge in [0.05, 0.1) is 11.1 Å². The van der Waals surface area contributed by atoms with Gasteiger partial charge < -0.3 is 0 Å². The first-order valence-corrected chi connectivity index (χ1v) is 6.97. The second kappa shape index (κ2) is 6.02. The highest BCUT2D eigenvalue weighted by Gasteiger charge is 2.25. The van der Waals surface area contributed by atoms with Crippen molar-refractivity contribution in [3.05, 3.63) is 37.1 Å². The van der Waals surface area contributed by atoms with E-state index in [9.17, 15) is 24.5 Å². The molecule has 1 unspecified atom stereocenters. The molecular weight excluding hydrogens is 278 g/mol. The van der Waals surface area contributed by atoms with Gasteiger partial charge in [0.15, 0.2) is 0 Å². The molecule has 114 valence electrons. The number of hydrogen-bond acceptors (Lipinski definition) is 5. The number of aromatic nitrogens is 2. The molecule has 1 heterocycles. The van der Waals surface area contributed by atoms with Crippen LogP contribution in [0.4, 0.5) is 5.69 Å². The van der Waals surface area contributed by atoms with Crippen molar-refractivity contribution in [2.24, 2.45) is 5.92 Å². The van der Waals surface area contributed by atoms with Crippen LogP contribution < -0.4 is 11.2 Å². The molecule has 1 aromatic rings. The molecule has 1 saturated carbocycles. The molecule has 1 fully saturated rings. The first-order valence-electron chi connectivity index (χ1n) is 6.97. The number of carbonyl (C=O) groups excluding carboxylic acids is 1. The van der Waals surface area contributed by atoms with E-state index >= 15 is 0 Å². The van der Waals surface area contributed by atoms with E-state index in [1.54, 1.807) is 6.92 Å². The predicted octanol–water partition coefficient (Wildman–Crippen LogP) is 0.697. The molecule has 0 saturated heterocycles. The SMILES string of the molecule is CCn1cc([N+](=O)[O-])c(=O)n(CCC2CCCC2=O)c1=O. The van der Waals surface area contributed by atoms with Gasteiger partial charge >= 0.3 is 16.9 Å². The summed E-state index contributed by atoms with van der Waals surface area (Å²) in [5.74, 6) is -0.00469. The molecule has 8 nitrogen and oxygen atoms in total. The molecule has 0 aromatic carbocycles. The van der Waals surface area contributed by atoms with E-state index in [1.807, 2.05) is 0 Å². The summed E-state index contributed by atoms with van der Waals surface area (Å²) in [7, 11) is 0. The molecule has 1 aromatic heterocycles. The lowest BCUT2D eigenvalue weighted by molar-refractivity contribution is -0.387. The average Bonchev–Trinajstić information content (AvgIpc) is 2.84. The van der Waals surface area contributed by atoms with Crippen LogP contribution in [0.1, 0.15) is 32.6 Å². The first-order chi connectivity index (χ1) is 9.95. The smallest absolute Gasteiger partial charge is 0.299 e. The Labute approximate surface area is 120 Å². The van der Waals surface area contributed by atoms with Gasteiger partial charge in [-0.3, -0.25) is 28.8 Å². The van der Waals surface area contributed by atoms with E-state index in [-0.39, 0.29) is 24.8 Å². The van der Waals surface area contributed by atoms with Crippen molar-refractivity contribution in [1.82, 2.24) is 9.13 Å². The molecule has 8 heteroatoms. The summed E-state index contributed by atoms with van der Waals surface area (Å²) < 4.78 is 2.00. The third kappa shape index (κ3) is 2.93. The van der Waals surface area contributed by atoms with Crippen LogP contribution in [-0.4, -0.2) is 19.8 Å². The third-order valence-corrected chi connectivity index (χ3v) is 3.89. The number of aryl methyl sites for hydroxylation is 1. The number of hydrogen-bond donors (Lipinski definition) is 0. The van der Waals surface area contributed by atoms with Gasteiger partial charge in [0.25, 0.3) is 0 Å². The summed E-state index contributed by atoms with van der Waals surface area (Å²) in [6, 6.07) is 0. The minimum absolute atomic E-state index is 0.0375. The third-order valence-electron chi connectivity index (χ3n) is 3.89. The Morgan fingerprint density at radius 3 is 2.62 bits per heavy atom. The van der Waals surface area contributed by atoms with Gasteiger partial charge in [0.1, 0.15) is 5.78 Å². The van der Waals surface area contributed by atoms with Gasteiger partial charge in [-0.05, 0) is 26.2 Å². The molecule has 1 atom stereocenters. The number of ketones is 1. The van der Waals surface area contributed by atoms with Crippen molar-refractivity contribution in [3.63, 3.8) is 0 Å². The van der Waals surface area contributed by atoms with Gasteiger partial charge in [-0.25, -0.2) is 4.79 Å². The van der Waals surface area contributed by atoms with Crippen molar-refractivity contribution in [1.29, 1.82) is 0 Å². The first kappa shape index (κ1) is 15.1. The molecule has 0 amide bonds. The van der Waals surface area contributed by atoms with E-state index in [1.165, 1.54) is 0 Å². The summed E-state index contributed by atoms with van der Waals surface area (Å²) in [4.78, 5) is 45.8. The minimum atomic E-state index is -0.903. The van der Waals surface area contributed by atoms with Crippen LogP contribution in [-0.2, 0) is 17.9 Å². The van der Waals surface area contributed by atoms with Gasteiger partial charge in [0.2, 0.25) is 0 Å². The Morgan fingerprint density at radius 1 is 1.38 bits per heavy atom. The average molecular weight is 295 g/mol. The zero-order valence-corrected chi connectivity index (χ0v) is 11.8. The normalized spacial score (nSPS) is 18.1. The minimum Gasteiger partial charge on any atom is -0.299 e. The fourth-order valence-electron chi connectivity index (χ4n) is 2.67. The largest absolute Gasteiger partial charge is 0.350 e. The highest BCUT2D eigenvalue weighted by Crippen LogP contribution is 2.24. The fraction of sp³-hybridized carbons (Fsp3) is 0.615. The van der Waals surface area contributed by atoms with Crippen LogP contribution in [0.3, 0.4) is 0 Å². The van der Waals surface area contributed by atoms with Crippen molar-refractivity contribution in [2.45, 2.75) is 45.7 Å². The maximum absolute atomic E-state index is 12.1. The van der Waals surface area contributed by atoms with Gasteiger partial charge in [-0.1, -0.05) is 0 Å². The van der Waals surface area contributed by atoms with Crippen LogP contribution in [0.5, 0.6) is 0 Å². The molecule has 0 spiro atoms. The maximum Gasteiger partial charge on any atom is 0.350 e. The molecule has 0 aliphatic heterocycles. The topological polar surface area (TPSA) is 104 Å². The Morgan fingerprint density at radius 2 is 2.10 bits per heavy atom. The number of nitro groups is 1. The molecule has 2 rings (SSSR count). The second-order valence-electron chi connectivity index (χ2n) is 5.14. The molecule has 21 heavy (non-hydrogen) atoms. The summed E-state index contributed by atoms with van der Waals surface area (Å²) in [5.41, 5.74) is -2.09. The van der Waals surface area contributed by atoms with Crippen LogP contribution in [0.15, 0.2) is 15.8 Å². The molecule has 1 aliphatic carbocycles. The highest BCUT2D eigenvalue weighted by molar-refractivity contribution is 5.82. The zero-order valence-electron chi connectivity index (χ0n) is 11.8. The van der Waals surface area contributed by atoms with Crippen LogP contribution in [0.25, 0.3) is 0 Å². The lowest BCUT2D eigenvalue weighted by Gasteiger charge is -2.11. The van der Waals surface area contributed by atoms with E-state index in [4.69, 9.17) is 0 Å². The number of nitrogens with zero attached hydrogens (tertiary/aromatic N) is 3.